The van der Waals surface area contributed by atoms with Gasteiger partial charge in [-0.2, -0.15) is 0 Å². The van der Waals surface area contributed by atoms with Crippen LogP contribution in [0.2, 0.25) is 0 Å². The number of rotatable bonds is 10. The van der Waals surface area contributed by atoms with Gasteiger partial charge in [-0.05, 0) is 13.3 Å². The van der Waals surface area contributed by atoms with Gasteiger partial charge in [0.1, 0.15) is 0 Å². The van der Waals surface area contributed by atoms with E-state index < -0.39 is 42.2 Å². The molecule has 0 aliphatic carbocycles. The number of carboxylic acids is 4. The standard InChI is InChI=1S/C10H14O6.C4H6O4/c1-6(2)10(15)16-4-3-7(9(13)14)5-8(11)12;5-3(6)1-2-4(7)8/h7H,1,3-5H2,2H3,(H,11,12)(H,13,14);1-2H2,(H,5,6)(H,7,8). The Bertz CT molecular complexity index is 480. The summed E-state index contributed by atoms with van der Waals surface area (Å²) >= 11 is 0. The monoisotopic (exact) mass is 348 g/mol. The molecule has 0 aliphatic heterocycles. The summed E-state index contributed by atoms with van der Waals surface area (Å²) in [5, 5.41) is 32.9. The van der Waals surface area contributed by atoms with E-state index in [4.69, 9.17) is 20.4 Å². The first kappa shape index (κ1) is 23.4. The molecule has 0 radical (unpaired) electrons. The quantitative estimate of drug-likeness (QED) is 0.323. The van der Waals surface area contributed by atoms with E-state index in [1.807, 2.05) is 0 Å². The summed E-state index contributed by atoms with van der Waals surface area (Å²) in [6.07, 6.45) is -1.11. The summed E-state index contributed by atoms with van der Waals surface area (Å²) in [7, 11) is 0. The molecule has 0 saturated heterocycles. The van der Waals surface area contributed by atoms with Gasteiger partial charge in [0.05, 0.1) is 31.8 Å². The Hall–Kier alpha value is -2.91. The molecule has 0 heterocycles. The molecule has 0 aromatic rings. The van der Waals surface area contributed by atoms with Gasteiger partial charge >= 0.3 is 29.8 Å². The van der Waals surface area contributed by atoms with Crippen LogP contribution in [0.15, 0.2) is 12.2 Å². The first-order valence-electron chi connectivity index (χ1n) is 6.68. The van der Waals surface area contributed by atoms with Crippen LogP contribution < -0.4 is 0 Å². The molecule has 1 atom stereocenters. The maximum absolute atomic E-state index is 10.9. The van der Waals surface area contributed by atoms with Gasteiger partial charge in [0.25, 0.3) is 0 Å². The summed E-state index contributed by atoms with van der Waals surface area (Å²) < 4.78 is 4.67. The number of esters is 1. The van der Waals surface area contributed by atoms with E-state index in [1.165, 1.54) is 6.92 Å². The lowest BCUT2D eigenvalue weighted by Crippen LogP contribution is -2.20. The van der Waals surface area contributed by atoms with Crippen LogP contribution in [-0.4, -0.2) is 56.9 Å². The lowest BCUT2D eigenvalue weighted by Gasteiger charge is -2.09. The van der Waals surface area contributed by atoms with Crippen molar-refractivity contribution in [2.75, 3.05) is 6.61 Å². The van der Waals surface area contributed by atoms with Crippen LogP contribution >= 0.6 is 0 Å². The fourth-order valence-corrected chi connectivity index (χ4v) is 1.15. The minimum Gasteiger partial charge on any atom is -0.481 e. The highest BCUT2D eigenvalue weighted by Crippen LogP contribution is 2.09. The van der Waals surface area contributed by atoms with Crippen molar-refractivity contribution in [3.8, 4) is 0 Å². The molecule has 0 amide bonds. The predicted octanol–water partition coefficient (Wildman–Crippen LogP) is 0.607. The highest BCUT2D eigenvalue weighted by molar-refractivity contribution is 5.87. The van der Waals surface area contributed by atoms with E-state index in [2.05, 4.69) is 11.3 Å². The van der Waals surface area contributed by atoms with E-state index >= 15 is 0 Å². The normalized spacial score (nSPS) is 10.5. The molecule has 0 saturated carbocycles. The van der Waals surface area contributed by atoms with E-state index in [0.29, 0.717) is 0 Å². The van der Waals surface area contributed by atoms with Gasteiger partial charge in [0, 0.05) is 5.57 Å². The van der Waals surface area contributed by atoms with Crippen molar-refractivity contribution >= 4 is 29.8 Å². The molecule has 0 spiro atoms. The highest BCUT2D eigenvalue weighted by Gasteiger charge is 2.21. The zero-order chi connectivity index (χ0) is 19.3. The number of carboxylic acid groups (broad SMARTS) is 4. The molecule has 1 unspecified atom stereocenters. The maximum atomic E-state index is 10.9. The van der Waals surface area contributed by atoms with Gasteiger partial charge < -0.3 is 25.2 Å². The van der Waals surface area contributed by atoms with Crippen molar-refractivity contribution in [1.29, 1.82) is 0 Å². The van der Waals surface area contributed by atoms with E-state index in [9.17, 15) is 24.0 Å². The molecule has 0 rings (SSSR count). The third kappa shape index (κ3) is 15.5. The van der Waals surface area contributed by atoms with Gasteiger partial charge in [-0.25, -0.2) is 4.79 Å². The van der Waals surface area contributed by atoms with E-state index in [-0.39, 0.29) is 31.4 Å². The van der Waals surface area contributed by atoms with Gasteiger partial charge in [-0.1, -0.05) is 6.58 Å². The number of carbonyl (C=O) groups excluding carboxylic acids is 1. The molecule has 4 N–H and O–H groups in total. The number of carbonyl (C=O) groups is 5. The molecule has 24 heavy (non-hydrogen) atoms. The highest BCUT2D eigenvalue weighted by atomic mass is 16.5. The number of hydrogen-bond donors (Lipinski definition) is 4. The lowest BCUT2D eigenvalue weighted by atomic mass is 10.0. The zero-order valence-electron chi connectivity index (χ0n) is 13.1. The third-order valence-corrected chi connectivity index (χ3v) is 2.37. The molecule has 0 aromatic heterocycles. The van der Waals surface area contributed by atoms with Crippen LogP contribution in [0, 0.1) is 5.92 Å². The van der Waals surface area contributed by atoms with Crippen molar-refractivity contribution in [2.24, 2.45) is 5.92 Å². The summed E-state index contributed by atoms with van der Waals surface area (Å²) in [6, 6.07) is 0. The van der Waals surface area contributed by atoms with Gasteiger partial charge in [-0.3, -0.25) is 19.2 Å². The SMILES string of the molecule is C=C(C)C(=O)OCCC(CC(=O)O)C(=O)O.O=C(O)CCC(=O)O. The Morgan fingerprint density at radius 3 is 1.67 bits per heavy atom. The van der Waals surface area contributed by atoms with Gasteiger partial charge in [0.15, 0.2) is 0 Å². The van der Waals surface area contributed by atoms with E-state index in [1.54, 1.807) is 0 Å². The van der Waals surface area contributed by atoms with Gasteiger partial charge in [-0.15, -0.1) is 0 Å². The molecular formula is C14H20O10. The summed E-state index contributed by atoms with van der Waals surface area (Å²) in [5.74, 6) is -6.22. The van der Waals surface area contributed by atoms with Crippen molar-refractivity contribution < 1.29 is 49.1 Å². The van der Waals surface area contributed by atoms with Crippen molar-refractivity contribution in [3.63, 3.8) is 0 Å². The largest absolute Gasteiger partial charge is 0.481 e. The summed E-state index contributed by atoms with van der Waals surface area (Å²) in [6.45, 7) is 4.69. The Kier molecular flexibility index (Phi) is 12.3. The second-order valence-corrected chi connectivity index (χ2v) is 4.63. The van der Waals surface area contributed by atoms with Crippen molar-refractivity contribution in [1.82, 2.24) is 0 Å². The molecular weight excluding hydrogens is 328 g/mol. The average Bonchev–Trinajstić information content (AvgIpc) is 2.43. The molecule has 10 heteroatoms. The molecule has 0 fully saturated rings. The zero-order valence-corrected chi connectivity index (χ0v) is 13.1. The molecule has 10 nitrogen and oxygen atoms in total. The number of hydrogen-bond acceptors (Lipinski definition) is 6. The Morgan fingerprint density at radius 1 is 0.917 bits per heavy atom. The van der Waals surface area contributed by atoms with Crippen LogP contribution in [0.1, 0.15) is 32.6 Å². The fourth-order valence-electron chi connectivity index (χ4n) is 1.15. The second kappa shape index (κ2) is 12.6. The third-order valence-electron chi connectivity index (χ3n) is 2.37. The Morgan fingerprint density at radius 2 is 1.38 bits per heavy atom. The van der Waals surface area contributed by atoms with Crippen LogP contribution in [-0.2, 0) is 28.7 Å². The Labute approximate surface area is 137 Å². The van der Waals surface area contributed by atoms with Crippen LogP contribution in [0.5, 0.6) is 0 Å². The second-order valence-electron chi connectivity index (χ2n) is 4.63. The van der Waals surface area contributed by atoms with Crippen LogP contribution in [0.4, 0.5) is 0 Å². The summed E-state index contributed by atoms with van der Waals surface area (Å²) in [4.78, 5) is 51.2. The predicted molar refractivity (Wildman–Crippen MR) is 78.3 cm³/mol. The van der Waals surface area contributed by atoms with E-state index in [0.717, 1.165) is 0 Å². The molecule has 0 aliphatic rings. The first-order chi connectivity index (χ1) is 11.0. The maximum Gasteiger partial charge on any atom is 0.333 e. The van der Waals surface area contributed by atoms with Crippen LogP contribution in [0.25, 0.3) is 0 Å². The van der Waals surface area contributed by atoms with Gasteiger partial charge in [0.2, 0.25) is 0 Å². The molecule has 0 bridgehead atoms. The minimum absolute atomic E-state index is 0.0271. The van der Waals surface area contributed by atoms with Crippen molar-refractivity contribution in [2.45, 2.75) is 32.6 Å². The molecule has 0 aromatic carbocycles. The number of aliphatic carboxylic acids is 4. The first-order valence-corrected chi connectivity index (χ1v) is 6.68. The van der Waals surface area contributed by atoms with Crippen molar-refractivity contribution in [3.05, 3.63) is 12.2 Å². The average molecular weight is 348 g/mol. The smallest absolute Gasteiger partial charge is 0.333 e. The molecule has 136 valence electrons. The Balaban J connectivity index is 0. The summed E-state index contributed by atoms with van der Waals surface area (Å²) in [5.41, 5.74) is 0.213. The van der Waals surface area contributed by atoms with Crippen LogP contribution in [0.3, 0.4) is 0 Å². The minimum atomic E-state index is -1.21. The fraction of sp³-hybridized carbons (Fsp3) is 0.500. The topological polar surface area (TPSA) is 176 Å². The lowest BCUT2D eigenvalue weighted by molar-refractivity contribution is -0.150. The number of ether oxygens (including phenoxy) is 1.